The first-order chi connectivity index (χ1) is 38.2. The van der Waals surface area contributed by atoms with Gasteiger partial charge in [0.25, 0.3) is 0 Å². The number of halogens is 3. The third-order valence-electron chi connectivity index (χ3n) is 15.6. The standard InChI is InChI=1S/C69H39F3N6/c70-69(71,72)58-34-43(41-74)27-30-47(58)44-29-31-52(64(35-44)78-62-26-14-10-22-51(62)57-37-55-49-20-8-12-24-60(49)76(66(55)39-68(57)78)46-17-5-2-6-18-46)53-33-42(40-73)28-32-63(53)77-61-25-13-9-21-50(61)56-36-54-48-19-7-11-23-59(48)75(65(54)38-67(56)77)45-15-3-1-4-16-45/h1-39H. The van der Waals surface area contributed by atoms with Crippen molar-refractivity contribution < 1.29 is 13.2 Å². The number of rotatable bonds is 6. The average molecular weight is 1010 g/mol. The highest BCUT2D eigenvalue weighted by molar-refractivity contribution is 6.21. The van der Waals surface area contributed by atoms with Gasteiger partial charge in [0.2, 0.25) is 0 Å². The van der Waals surface area contributed by atoms with E-state index in [9.17, 15) is 10.5 Å². The summed E-state index contributed by atoms with van der Waals surface area (Å²) in [7, 11) is 0. The number of nitriles is 2. The largest absolute Gasteiger partial charge is 0.417 e. The topological polar surface area (TPSA) is 67.3 Å². The summed E-state index contributed by atoms with van der Waals surface area (Å²) in [4.78, 5) is 0. The molecule has 0 atom stereocenters. The fourth-order valence-corrected chi connectivity index (χ4v) is 12.3. The molecule has 0 amide bonds. The van der Waals surface area contributed by atoms with Crippen LogP contribution in [0.1, 0.15) is 16.7 Å². The third-order valence-corrected chi connectivity index (χ3v) is 15.6. The summed E-state index contributed by atoms with van der Waals surface area (Å²) in [6.07, 6.45) is -4.77. The van der Waals surface area contributed by atoms with E-state index in [0.29, 0.717) is 27.9 Å². The second-order valence-electron chi connectivity index (χ2n) is 19.8. The molecule has 0 aliphatic rings. The highest BCUT2D eigenvalue weighted by atomic mass is 19.4. The SMILES string of the molecule is N#Cc1ccc(-n2c3ccccc3c3cc4c5ccccc5n(-c5ccccc5)c4cc32)c(-c2ccc(-c3ccc(C#N)cc3C(F)(F)F)cc2-n2c3ccccc3c3cc4c5ccccc5n(-c5ccccc5)c4cc32)c1. The van der Waals surface area contributed by atoms with Crippen LogP contribution in [0.15, 0.2) is 237 Å². The lowest BCUT2D eigenvalue weighted by Crippen LogP contribution is -2.08. The van der Waals surface area contributed by atoms with Gasteiger partial charge in [0.05, 0.1) is 84.3 Å². The second kappa shape index (κ2) is 17.0. The van der Waals surface area contributed by atoms with Crippen LogP contribution in [-0.4, -0.2) is 18.3 Å². The van der Waals surface area contributed by atoms with Gasteiger partial charge in [0.1, 0.15) is 0 Å². The molecular formula is C69H39F3N6. The Morgan fingerprint density at radius 2 is 0.692 bits per heavy atom. The maximum Gasteiger partial charge on any atom is 0.417 e. The Kier molecular flexibility index (Phi) is 9.75. The Bertz CT molecular complexity index is 5100. The van der Waals surface area contributed by atoms with Crippen molar-refractivity contribution in [3.8, 4) is 57.1 Å². The van der Waals surface area contributed by atoms with E-state index < -0.39 is 11.7 Å². The Labute approximate surface area is 443 Å². The van der Waals surface area contributed by atoms with Gasteiger partial charge in [-0.1, -0.05) is 127 Å². The molecule has 11 aromatic carbocycles. The van der Waals surface area contributed by atoms with Crippen molar-refractivity contribution in [2.75, 3.05) is 0 Å². The van der Waals surface area contributed by atoms with Gasteiger partial charge >= 0.3 is 6.18 Å². The molecule has 9 heteroatoms. The molecule has 4 aromatic heterocycles. The molecule has 15 aromatic rings. The van der Waals surface area contributed by atoms with Crippen LogP contribution in [0.4, 0.5) is 13.2 Å². The number of alkyl halides is 3. The fraction of sp³-hybridized carbons (Fsp3) is 0.0145. The number of hydrogen-bond acceptors (Lipinski definition) is 2. The van der Waals surface area contributed by atoms with Gasteiger partial charge < -0.3 is 18.3 Å². The summed E-state index contributed by atoms with van der Waals surface area (Å²) < 4.78 is 54.8. The van der Waals surface area contributed by atoms with Crippen molar-refractivity contribution in [1.29, 1.82) is 10.5 Å². The molecule has 0 bridgehead atoms. The van der Waals surface area contributed by atoms with E-state index in [2.05, 4.69) is 146 Å². The zero-order chi connectivity index (χ0) is 52.4. The molecule has 0 unspecified atom stereocenters. The van der Waals surface area contributed by atoms with Crippen molar-refractivity contribution in [2.45, 2.75) is 6.18 Å². The van der Waals surface area contributed by atoms with Gasteiger partial charge in [-0.05, 0) is 120 Å². The van der Waals surface area contributed by atoms with Crippen LogP contribution in [0.2, 0.25) is 0 Å². The number of nitrogens with zero attached hydrogens (tertiary/aromatic N) is 6. The zero-order valence-electron chi connectivity index (χ0n) is 41.3. The molecule has 0 N–H and O–H groups in total. The van der Waals surface area contributed by atoms with E-state index in [1.807, 2.05) is 97.1 Å². The number of para-hydroxylation sites is 6. The van der Waals surface area contributed by atoms with E-state index in [1.54, 1.807) is 6.07 Å². The summed E-state index contributed by atoms with van der Waals surface area (Å²) in [6.45, 7) is 0. The van der Waals surface area contributed by atoms with E-state index in [1.165, 1.54) is 12.1 Å². The Hall–Kier alpha value is -10.6. The lowest BCUT2D eigenvalue weighted by molar-refractivity contribution is -0.137. The second-order valence-corrected chi connectivity index (χ2v) is 19.8. The van der Waals surface area contributed by atoms with Crippen molar-refractivity contribution in [2.24, 2.45) is 0 Å². The van der Waals surface area contributed by atoms with Crippen LogP contribution >= 0.6 is 0 Å². The van der Waals surface area contributed by atoms with Crippen LogP contribution in [0.5, 0.6) is 0 Å². The predicted octanol–water partition coefficient (Wildman–Crippen LogP) is 18.2. The smallest absolute Gasteiger partial charge is 0.309 e. The van der Waals surface area contributed by atoms with Gasteiger partial charge in [0, 0.05) is 65.6 Å². The highest BCUT2D eigenvalue weighted by Gasteiger charge is 2.35. The maximum atomic E-state index is 15.3. The van der Waals surface area contributed by atoms with E-state index in [4.69, 9.17) is 0 Å². The van der Waals surface area contributed by atoms with Crippen molar-refractivity contribution in [1.82, 2.24) is 18.3 Å². The molecular weight excluding hydrogens is 970 g/mol. The minimum Gasteiger partial charge on any atom is -0.309 e. The fourth-order valence-electron chi connectivity index (χ4n) is 12.3. The molecule has 0 saturated heterocycles. The quantitative estimate of drug-likeness (QED) is 0.167. The van der Waals surface area contributed by atoms with Gasteiger partial charge in [-0.2, -0.15) is 23.7 Å². The van der Waals surface area contributed by atoms with Crippen molar-refractivity contribution in [3.63, 3.8) is 0 Å². The number of fused-ring (bicyclic) bond motifs is 12. The van der Waals surface area contributed by atoms with Gasteiger partial charge in [-0.15, -0.1) is 0 Å². The summed E-state index contributed by atoms with van der Waals surface area (Å²) in [5.41, 5.74) is 12.1. The van der Waals surface area contributed by atoms with Crippen LogP contribution < -0.4 is 0 Å². The summed E-state index contributed by atoms with van der Waals surface area (Å²) >= 11 is 0. The monoisotopic (exact) mass is 1010 g/mol. The summed E-state index contributed by atoms with van der Waals surface area (Å²) in [5, 5.41) is 29.0. The first kappa shape index (κ1) is 44.8. The van der Waals surface area contributed by atoms with Gasteiger partial charge in [-0.25, -0.2) is 0 Å². The molecule has 0 fully saturated rings. The minimum atomic E-state index is -4.77. The molecule has 0 aliphatic heterocycles. The normalized spacial score (nSPS) is 12.0. The zero-order valence-corrected chi connectivity index (χ0v) is 41.3. The first-order valence-electron chi connectivity index (χ1n) is 25.6. The average Bonchev–Trinajstić information content (AvgIpc) is 4.39. The highest BCUT2D eigenvalue weighted by Crippen LogP contribution is 2.47. The lowest BCUT2D eigenvalue weighted by atomic mass is 9.92. The molecule has 4 heterocycles. The maximum absolute atomic E-state index is 15.3. The molecule has 6 nitrogen and oxygen atoms in total. The van der Waals surface area contributed by atoms with Gasteiger partial charge in [-0.3, -0.25) is 0 Å². The summed E-state index contributed by atoms with van der Waals surface area (Å²) in [6, 6.07) is 82.1. The Morgan fingerprint density at radius 3 is 1.17 bits per heavy atom. The third kappa shape index (κ3) is 6.62. The van der Waals surface area contributed by atoms with Crippen LogP contribution in [-0.2, 0) is 6.18 Å². The first-order valence-corrected chi connectivity index (χ1v) is 25.6. The van der Waals surface area contributed by atoms with Crippen molar-refractivity contribution >= 4 is 87.2 Å². The van der Waals surface area contributed by atoms with Crippen LogP contribution in [0, 0.1) is 22.7 Å². The van der Waals surface area contributed by atoms with E-state index in [0.717, 1.165) is 110 Å². The van der Waals surface area contributed by atoms with E-state index >= 15 is 13.2 Å². The van der Waals surface area contributed by atoms with E-state index in [-0.39, 0.29) is 11.1 Å². The molecule has 0 radical (unpaired) electrons. The van der Waals surface area contributed by atoms with Gasteiger partial charge in [0.15, 0.2) is 0 Å². The van der Waals surface area contributed by atoms with Crippen molar-refractivity contribution in [3.05, 3.63) is 253 Å². The Morgan fingerprint density at radius 1 is 0.295 bits per heavy atom. The number of benzene rings is 11. The summed E-state index contributed by atoms with van der Waals surface area (Å²) in [5.74, 6) is 0. The molecule has 0 aliphatic carbocycles. The van der Waals surface area contributed by atoms with Crippen LogP contribution in [0.25, 0.3) is 132 Å². The lowest BCUT2D eigenvalue weighted by Gasteiger charge is -2.21. The number of hydrogen-bond donors (Lipinski definition) is 0. The molecule has 15 rings (SSSR count). The molecule has 78 heavy (non-hydrogen) atoms. The molecule has 0 saturated carbocycles. The number of aromatic nitrogens is 4. The van der Waals surface area contributed by atoms with Crippen LogP contribution in [0.3, 0.4) is 0 Å². The minimum absolute atomic E-state index is 0.0621. The molecule has 366 valence electrons. The Balaban J connectivity index is 1.08. The predicted molar refractivity (Wildman–Crippen MR) is 309 cm³/mol. The molecule has 0 spiro atoms.